The molecule has 1 aliphatic carbocycles. The Kier molecular flexibility index (Phi) is 3.48. The molecule has 90 valence electrons. The number of rotatable bonds is 2. The van der Waals surface area contributed by atoms with Crippen LogP contribution in [0.5, 0.6) is 0 Å². The zero-order valence-corrected chi connectivity index (χ0v) is 10.7. The molecule has 1 atom stereocenters. The van der Waals surface area contributed by atoms with Crippen molar-refractivity contribution in [3.05, 3.63) is 53.6 Å². The second-order valence-corrected chi connectivity index (χ2v) is 5.64. The Balaban J connectivity index is 2.15. The summed E-state index contributed by atoms with van der Waals surface area (Å²) in [5.41, 5.74) is 14.4. The van der Waals surface area contributed by atoms with E-state index in [9.17, 15) is 0 Å². The molecule has 0 spiro atoms. The SMILES string of the molecule is Nc1ccc(CC2=CC(Cl)(Cl)C(N)C=C2)cc1. The zero-order chi connectivity index (χ0) is 12.5. The van der Waals surface area contributed by atoms with Crippen LogP contribution in [-0.4, -0.2) is 10.4 Å². The highest BCUT2D eigenvalue weighted by Crippen LogP contribution is 2.32. The summed E-state index contributed by atoms with van der Waals surface area (Å²) >= 11 is 12.2. The number of hydrogen-bond donors (Lipinski definition) is 2. The standard InChI is InChI=1S/C13H14Cl2N2/c14-13(15)8-10(3-6-12(13)17)7-9-1-4-11(16)5-2-9/h1-6,8,12H,7,16-17H2. The van der Waals surface area contributed by atoms with Crippen LogP contribution in [0, 0.1) is 0 Å². The quantitative estimate of drug-likeness (QED) is 0.640. The van der Waals surface area contributed by atoms with Gasteiger partial charge in [-0.2, -0.15) is 0 Å². The lowest BCUT2D eigenvalue weighted by atomic mass is 9.97. The lowest BCUT2D eigenvalue weighted by molar-refractivity contribution is 0.769. The highest BCUT2D eigenvalue weighted by Gasteiger charge is 2.30. The lowest BCUT2D eigenvalue weighted by Crippen LogP contribution is -2.37. The summed E-state index contributed by atoms with van der Waals surface area (Å²) in [6.45, 7) is 0. The molecule has 0 aromatic heterocycles. The van der Waals surface area contributed by atoms with E-state index in [0.717, 1.165) is 23.2 Å². The van der Waals surface area contributed by atoms with Crippen molar-refractivity contribution < 1.29 is 0 Å². The minimum atomic E-state index is -1.02. The fourth-order valence-electron chi connectivity index (χ4n) is 1.73. The normalized spacial score (nSPS) is 22.3. The summed E-state index contributed by atoms with van der Waals surface area (Å²) in [7, 11) is 0. The first kappa shape index (κ1) is 12.5. The smallest absolute Gasteiger partial charge is 0.155 e. The number of anilines is 1. The first-order valence-corrected chi connectivity index (χ1v) is 6.11. The number of halogens is 2. The highest BCUT2D eigenvalue weighted by atomic mass is 35.5. The van der Waals surface area contributed by atoms with Gasteiger partial charge in [0, 0.05) is 5.69 Å². The van der Waals surface area contributed by atoms with E-state index in [1.165, 1.54) is 0 Å². The molecule has 17 heavy (non-hydrogen) atoms. The molecule has 1 unspecified atom stereocenters. The average molecular weight is 269 g/mol. The summed E-state index contributed by atoms with van der Waals surface area (Å²) < 4.78 is -1.02. The van der Waals surface area contributed by atoms with E-state index >= 15 is 0 Å². The van der Waals surface area contributed by atoms with E-state index in [4.69, 9.17) is 34.7 Å². The zero-order valence-electron chi connectivity index (χ0n) is 9.24. The van der Waals surface area contributed by atoms with Gasteiger partial charge in [-0.3, -0.25) is 0 Å². The van der Waals surface area contributed by atoms with Gasteiger partial charge in [0.2, 0.25) is 0 Å². The van der Waals surface area contributed by atoms with E-state index in [-0.39, 0.29) is 6.04 Å². The second kappa shape index (κ2) is 4.73. The van der Waals surface area contributed by atoms with Crippen molar-refractivity contribution in [2.24, 2.45) is 5.73 Å². The molecule has 4 heteroatoms. The van der Waals surface area contributed by atoms with Crippen molar-refractivity contribution in [1.82, 2.24) is 0 Å². The van der Waals surface area contributed by atoms with E-state index in [2.05, 4.69) is 0 Å². The summed E-state index contributed by atoms with van der Waals surface area (Å²) in [5.74, 6) is 0. The van der Waals surface area contributed by atoms with Crippen LogP contribution in [-0.2, 0) is 6.42 Å². The molecule has 0 heterocycles. The maximum absolute atomic E-state index is 6.10. The van der Waals surface area contributed by atoms with Crippen LogP contribution in [0.25, 0.3) is 0 Å². The molecule has 4 N–H and O–H groups in total. The van der Waals surface area contributed by atoms with E-state index in [1.54, 1.807) is 6.08 Å². The van der Waals surface area contributed by atoms with Crippen molar-refractivity contribution in [2.45, 2.75) is 16.8 Å². The molecule has 0 bridgehead atoms. The number of benzene rings is 1. The Labute approximate surface area is 111 Å². The first-order valence-electron chi connectivity index (χ1n) is 5.35. The third-order valence-corrected chi connectivity index (χ3v) is 3.45. The molecule has 1 aliphatic rings. The maximum atomic E-state index is 6.10. The van der Waals surface area contributed by atoms with Crippen LogP contribution in [0.4, 0.5) is 5.69 Å². The molecule has 0 aliphatic heterocycles. The molecule has 0 amide bonds. The number of nitrogen functional groups attached to an aromatic ring is 1. The Morgan fingerprint density at radius 2 is 1.82 bits per heavy atom. The number of nitrogens with two attached hydrogens (primary N) is 2. The van der Waals surface area contributed by atoms with Crippen molar-refractivity contribution in [3.63, 3.8) is 0 Å². The minimum absolute atomic E-state index is 0.360. The number of alkyl halides is 2. The predicted molar refractivity (Wildman–Crippen MR) is 74.2 cm³/mol. The fourth-order valence-corrected chi connectivity index (χ4v) is 2.15. The van der Waals surface area contributed by atoms with Crippen molar-refractivity contribution in [1.29, 1.82) is 0 Å². The van der Waals surface area contributed by atoms with Gasteiger partial charge in [-0.15, -0.1) is 0 Å². The van der Waals surface area contributed by atoms with E-state index in [0.29, 0.717) is 0 Å². The van der Waals surface area contributed by atoms with Crippen LogP contribution in [0.1, 0.15) is 5.56 Å². The van der Waals surface area contributed by atoms with Crippen LogP contribution in [0.3, 0.4) is 0 Å². The van der Waals surface area contributed by atoms with Gasteiger partial charge in [-0.25, -0.2) is 0 Å². The molecular formula is C13H14Cl2N2. The second-order valence-electron chi connectivity index (χ2n) is 4.20. The van der Waals surface area contributed by atoms with Crippen molar-refractivity contribution in [2.75, 3.05) is 5.73 Å². The summed E-state index contributed by atoms with van der Waals surface area (Å²) in [5, 5.41) is 0. The number of allylic oxidation sites excluding steroid dienone is 2. The molecule has 1 aromatic carbocycles. The average Bonchev–Trinajstić information content (AvgIpc) is 2.26. The van der Waals surface area contributed by atoms with Gasteiger partial charge in [-0.1, -0.05) is 47.5 Å². The molecule has 0 radical (unpaired) electrons. The Bertz CT molecular complexity index is 461. The van der Waals surface area contributed by atoms with Gasteiger partial charge >= 0.3 is 0 Å². The molecule has 0 saturated carbocycles. The Hall–Kier alpha value is -0.960. The van der Waals surface area contributed by atoms with Crippen LogP contribution in [0.15, 0.2) is 48.1 Å². The van der Waals surface area contributed by atoms with E-state index < -0.39 is 4.33 Å². The highest BCUT2D eigenvalue weighted by molar-refractivity contribution is 6.50. The van der Waals surface area contributed by atoms with Gasteiger partial charge in [0.25, 0.3) is 0 Å². The van der Waals surface area contributed by atoms with Gasteiger partial charge in [0.15, 0.2) is 4.33 Å². The van der Waals surface area contributed by atoms with Crippen LogP contribution >= 0.6 is 23.2 Å². The first-order chi connectivity index (χ1) is 7.97. The van der Waals surface area contributed by atoms with Gasteiger partial charge in [-0.05, 0) is 35.8 Å². The molecule has 1 aromatic rings. The van der Waals surface area contributed by atoms with Gasteiger partial charge in [0.05, 0.1) is 6.04 Å². The maximum Gasteiger partial charge on any atom is 0.155 e. The Morgan fingerprint density at radius 1 is 1.18 bits per heavy atom. The third-order valence-electron chi connectivity index (χ3n) is 2.73. The summed E-state index contributed by atoms with van der Waals surface area (Å²) in [4.78, 5) is 0. The molecule has 0 saturated heterocycles. The third kappa shape index (κ3) is 3.03. The molecule has 2 rings (SSSR count). The molecular weight excluding hydrogens is 255 g/mol. The molecule has 2 nitrogen and oxygen atoms in total. The minimum Gasteiger partial charge on any atom is -0.399 e. The predicted octanol–water partition coefficient (Wildman–Crippen LogP) is 2.81. The lowest BCUT2D eigenvalue weighted by Gasteiger charge is -2.25. The summed E-state index contributed by atoms with van der Waals surface area (Å²) in [6.07, 6.45) is 6.36. The Morgan fingerprint density at radius 3 is 2.41 bits per heavy atom. The van der Waals surface area contributed by atoms with Crippen molar-refractivity contribution in [3.8, 4) is 0 Å². The largest absolute Gasteiger partial charge is 0.399 e. The topological polar surface area (TPSA) is 52.0 Å². The number of hydrogen-bond acceptors (Lipinski definition) is 2. The molecule has 0 fully saturated rings. The summed E-state index contributed by atoms with van der Waals surface area (Å²) in [6, 6.07) is 7.37. The van der Waals surface area contributed by atoms with E-state index in [1.807, 2.05) is 36.4 Å². The van der Waals surface area contributed by atoms with Crippen LogP contribution < -0.4 is 11.5 Å². The van der Waals surface area contributed by atoms with Gasteiger partial charge in [0.1, 0.15) is 0 Å². The fraction of sp³-hybridized carbons (Fsp3) is 0.231. The van der Waals surface area contributed by atoms with Crippen LogP contribution in [0.2, 0.25) is 0 Å². The monoisotopic (exact) mass is 268 g/mol. The van der Waals surface area contributed by atoms with Crippen molar-refractivity contribution >= 4 is 28.9 Å². The van der Waals surface area contributed by atoms with Gasteiger partial charge < -0.3 is 11.5 Å².